The van der Waals surface area contributed by atoms with Crippen molar-refractivity contribution in [2.45, 2.75) is 53.0 Å². The first-order chi connectivity index (χ1) is 14.3. The Morgan fingerprint density at radius 1 is 1.20 bits per heavy atom. The highest BCUT2D eigenvalue weighted by Crippen LogP contribution is 2.24. The van der Waals surface area contributed by atoms with Crippen molar-refractivity contribution in [1.29, 1.82) is 0 Å². The van der Waals surface area contributed by atoms with Crippen molar-refractivity contribution in [1.82, 2.24) is 15.6 Å². The topological polar surface area (TPSA) is 67.8 Å². The fraction of sp³-hybridized carbons (Fsp3) is 0.565. The third-order valence-corrected chi connectivity index (χ3v) is 5.44. The number of benzene rings is 1. The molecule has 0 radical (unpaired) electrons. The zero-order valence-electron chi connectivity index (χ0n) is 19.2. The molecule has 7 heteroatoms. The molecule has 1 heterocycles. The largest absolute Gasteiger partial charge is 0.491 e. The number of hydrogen-bond donors (Lipinski definition) is 2. The summed E-state index contributed by atoms with van der Waals surface area (Å²) in [7, 11) is 1.78. The molecule has 1 aromatic carbocycles. The van der Waals surface area contributed by atoms with Gasteiger partial charge in [0.2, 0.25) is 0 Å². The molecular weight excluding hydrogens is 396 g/mol. The van der Waals surface area contributed by atoms with Crippen LogP contribution in [-0.2, 0) is 23.1 Å². The van der Waals surface area contributed by atoms with E-state index in [1.807, 2.05) is 6.92 Å². The van der Waals surface area contributed by atoms with Crippen LogP contribution in [0.4, 0.5) is 0 Å². The van der Waals surface area contributed by atoms with E-state index in [-0.39, 0.29) is 5.41 Å². The summed E-state index contributed by atoms with van der Waals surface area (Å²) in [5.74, 6) is 1.65. The van der Waals surface area contributed by atoms with Gasteiger partial charge in [0.1, 0.15) is 12.4 Å². The van der Waals surface area contributed by atoms with Crippen LogP contribution >= 0.6 is 11.3 Å². The van der Waals surface area contributed by atoms with Gasteiger partial charge in [-0.15, -0.1) is 11.3 Å². The van der Waals surface area contributed by atoms with Gasteiger partial charge < -0.3 is 20.1 Å². The van der Waals surface area contributed by atoms with Gasteiger partial charge in [0, 0.05) is 49.5 Å². The molecule has 1 aromatic heterocycles. The van der Waals surface area contributed by atoms with Crippen LogP contribution in [0.3, 0.4) is 0 Å². The zero-order valence-corrected chi connectivity index (χ0v) is 20.0. The Kier molecular flexibility index (Phi) is 9.59. The van der Waals surface area contributed by atoms with Crippen LogP contribution in [0.2, 0.25) is 0 Å². The lowest BCUT2D eigenvalue weighted by Crippen LogP contribution is -2.38. The van der Waals surface area contributed by atoms with Gasteiger partial charge in [-0.3, -0.25) is 4.99 Å². The van der Waals surface area contributed by atoms with Crippen molar-refractivity contribution in [2.75, 3.05) is 33.4 Å². The van der Waals surface area contributed by atoms with Crippen molar-refractivity contribution in [3.8, 4) is 5.75 Å². The van der Waals surface area contributed by atoms with Crippen LogP contribution in [-0.4, -0.2) is 44.4 Å². The van der Waals surface area contributed by atoms with Crippen LogP contribution in [0.15, 0.2) is 28.6 Å². The second-order valence-corrected chi connectivity index (χ2v) is 9.08. The lowest BCUT2D eigenvalue weighted by Gasteiger charge is -2.15. The van der Waals surface area contributed by atoms with Gasteiger partial charge in [0.05, 0.1) is 17.3 Å². The lowest BCUT2D eigenvalue weighted by atomic mass is 9.93. The van der Waals surface area contributed by atoms with E-state index < -0.39 is 0 Å². The Hall–Kier alpha value is -2.12. The highest BCUT2D eigenvalue weighted by molar-refractivity contribution is 7.09. The normalized spacial score (nSPS) is 12.1. The predicted octanol–water partition coefficient (Wildman–Crippen LogP) is 4.07. The minimum absolute atomic E-state index is 0.0935. The molecule has 0 bridgehead atoms. The van der Waals surface area contributed by atoms with E-state index in [0.717, 1.165) is 40.9 Å². The summed E-state index contributed by atoms with van der Waals surface area (Å²) in [5, 5.41) is 10.0. The van der Waals surface area contributed by atoms with E-state index in [1.54, 1.807) is 18.4 Å². The molecular formula is C23H36N4O2S. The van der Waals surface area contributed by atoms with Crippen molar-refractivity contribution >= 4 is 17.3 Å². The SMILES string of the molecule is CCOCCOc1cc(C)ccc1CNC(=NC)NCCc1nc(C(C)(C)C)cs1. The number of aryl methyl sites for hydroxylation is 1. The molecule has 0 saturated heterocycles. The molecule has 2 rings (SSSR count). The van der Waals surface area contributed by atoms with E-state index in [1.165, 1.54) is 5.56 Å². The quantitative estimate of drug-likeness (QED) is 0.336. The Labute approximate surface area is 185 Å². The minimum atomic E-state index is 0.0935. The van der Waals surface area contributed by atoms with Gasteiger partial charge in [-0.05, 0) is 25.5 Å². The number of ether oxygens (including phenoxy) is 2. The summed E-state index contributed by atoms with van der Waals surface area (Å²) in [5.41, 5.74) is 3.51. The molecule has 0 fully saturated rings. The molecule has 0 spiro atoms. The molecule has 2 aromatic rings. The van der Waals surface area contributed by atoms with E-state index in [4.69, 9.17) is 14.5 Å². The highest BCUT2D eigenvalue weighted by Gasteiger charge is 2.17. The van der Waals surface area contributed by atoms with Gasteiger partial charge in [-0.25, -0.2) is 4.98 Å². The van der Waals surface area contributed by atoms with Crippen molar-refractivity contribution in [2.24, 2.45) is 4.99 Å². The van der Waals surface area contributed by atoms with Gasteiger partial charge >= 0.3 is 0 Å². The number of guanidine groups is 1. The summed E-state index contributed by atoms with van der Waals surface area (Å²) in [4.78, 5) is 9.08. The molecule has 166 valence electrons. The summed E-state index contributed by atoms with van der Waals surface area (Å²) >= 11 is 1.72. The summed E-state index contributed by atoms with van der Waals surface area (Å²) in [6.07, 6.45) is 0.873. The maximum atomic E-state index is 5.92. The first-order valence-corrected chi connectivity index (χ1v) is 11.4. The van der Waals surface area contributed by atoms with E-state index in [9.17, 15) is 0 Å². The zero-order chi connectivity index (χ0) is 22.0. The van der Waals surface area contributed by atoms with E-state index in [0.29, 0.717) is 26.4 Å². The van der Waals surface area contributed by atoms with Gasteiger partial charge in [-0.2, -0.15) is 0 Å². The number of nitrogens with one attached hydrogen (secondary N) is 2. The standard InChI is InChI=1S/C23H36N4O2S/c1-7-28-12-13-29-19-14-17(2)8-9-18(19)15-26-22(24-6)25-11-10-21-27-20(16-30-21)23(3,4)5/h8-9,14,16H,7,10-13,15H2,1-6H3,(H2,24,25,26). The monoisotopic (exact) mass is 432 g/mol. The third kappa shape index (κ3) is 7.95. The first-order valence-electron chi connectivity index (χ1n) is 10.5. The molecule has 6 nitrogen and oxygen atoms in total. The van der Waals surface area contributed by atoms with E-state index in [2.05, 4.69) is 66.9 Å². The Morgan fingerprint density at radius 2 is 2.00 bits per heavy atom. The molecule has 30 heavy (non-hydrogen) atoms. The average Bonchev–Trinajstić information content (AvgIpc) is 3.18. The molecule has 0 unspecified atom stereocenters. The smallest absolute Gasteiger partial charge is 0.191 e. The molecule has 2 N–H and O–H groups in total. The second-order valence-electron chi connectivity index (χ2n) is 8.14. The maximum absolute atomic E-state index is 5.92. The van der Waals surface area contributed by atoms with Crippen LogP contribution in [0.25, 0.3) is 0 Å². The van der Waals surface area contributed by atoms with Gasteiger partial charge in [0.25, 0.3) is 0 Å². The van der Waals surface area contributed by atoms with Crippen LogP contribution in [0.5, 0.6) is 5.75 Å². The number of thiazole rings is 1. The summed E-state index contributed by atoms with van der Waals surface area (Å²) in [6.45, 7) is 13.9. The summed E-state index contributed by atoms with van der Waals surface area (Å²) < 4.78 is 11.3. The molecule has 0 amide bonds. The summed E-state index contributed by atoms with van der Waals surface area (Å²) in [6, 6.07) is 6.25. The third-order valence-electron chi connectivity index (χ3n) is 4.53. The lowest BCUT2D eigenvalue weighted by molar-refractivity contribution is 0.110. The number of hydrogen-bond acceptors (Lipinski definition) is 5. The number of aromatic nitrogens is 1. The molecule has 0 atom stereocenters. The van der Waals surface area contributed by atoms with Gasteiger partial charge in [-0.1, -0.05) is 32.9 Å². The van der Waals surface area contributed by atoms with Crippen molar-refractivity contribution in [3.63, 3.8) is 0 Å². The van der Waals surface area contributed by atoms with E-state index >= 15 is 0 Å². The average molecular weight is 433 g/mol. The van der Waals surface area contributed by atoms with Crippen molar-refractivity contribution < 1.29 is 9.47 Å². The predicted molar refractivity (Wildman–Crippen MR) is 126 cm³/mol. The number of nitrogens with zero attached hydrogens (tertiary/aromatic N) is 2. The fourth-order valence-electron chi connectivity index (χ4n) is 2.75. The van der Waals surface area contributed by atoms with Crippen LogP contribution < -0.4 is 15.4 Å². The molecule has 0 aliphatic carbocycles. The number of aliphatic imine (C=N–C) groups is 1. The molecule has 0 aliphatic rings. The van der Waals surface area contributed by atoms with Gasteiger partial charge in [0.15, 0.2) is 5.96 Å². The molecule has 0 aliphatic heterocycles. The number of rotatable bonds is 10. The second kappa shape index (κ2) is 11.9. The first kappa shape index (κ1) is 24.2. The molecule has 0 saturated carbocycles. The fourth-order valence-corrected chi connectivity index (χ4v) is 3.78. The Morgan fingerprint density at radius 3 is 2.67 bits per heavy atom. The highest BCUT2D eigenvalue weighted by atomic mass is 32.1. The van der Waals surface area contributed by atoms with Crippen molar-refractivity contribution in [3.05, 3.63) is 45.4 Å². The van der Waals surface area contributed by atoms with Crippen LogP contribution in [0, 0.1) is 6.92 Å². The Bertz CT molecular complexity index is 812. The van der Waals surface area contributed by atoms with Crippen LogP contribution in [0.1, 0.15) is 49.5 Å². The minimum Gasteiger partial charge on any atom is -0.491 e. The maximum Gasteiger partial charge on any atom is 0.191 e. The Balaban J connectivity index is 1.84.